The van der Waals surface area contributed by atoms with Gasteiger partial charge in [-0.3, -0.25) is 14.5 Å². The Morgan fingerprint density at radius 3 is 2.84 bits per heavy atom. The molecule has 0 unspecified atom stereocenters. The minimum Gasteiger partial charge on any atom is -0.373 e. The fourth-order valence-electron chi connectivity index (χ4n) is 3.16. The van der Waals surface area contributed by atoms with E-state index < -0.39 is 5.82 Å². The summed E-state index contributed by atoms with van der Waals surface area (Å²) >= 11 is 0. The Bertz CT molecular complexity index is 748. The van der Waals surface area contributed by atoms with Crippen LogP contribution < -0.4 is 0 Å². The normalized spacial score (nSPS) is 20.9. The van der Waals surface area contributed by atoms with E-state index in [-0.39, 0.29) is 23.6 Å². The molecule has 0 spiro atoms. The molecule has 0 saturated carbocycles. The molecule has 1 saturated heterocycles. The van der Waals surface area contributed by atoms with Crippen molar-refractivity contribution in [2.24, 2.45) is 7.05 Å². The molecule has 2 atom stereocenters. The molecule has 0 N–H and O–H groups in total. The fourth-order valence-corrected chi connectivity index (χ4v) is 3.16. The van der Waals surface area contributed by atoms with Crippen LogP contribution in [0.25, 0.3) is 0 Å². The average molecular weight is 347 g/mol. The first-order chi connectivity index (χ1) is 12.0. The van der Waals surface area contributed by atoms with Gasteiger partial charge in [0, 0.05) is 38.1 Å². The molecule has 0 bridgehead atoms. The van der Waals surface area contributed by atoms with E-state index >= 15 is 0 Å². The summed E-state index contributed by atoms with van der Waals surface area (Å²) in [5, 5.41) is 4.22. The highest BCUT2D eigenvalue weighted by molar-refractivity contribution is 5.94. The molecule has 25 heavy (non-hydrogen) atoms. The van der Waals surface area contributed by atoms with Gasteiger partial charge < -0.3 is 14.5 Å². The van der Waals surface area contributed by atoms with E-state index in [4.69, 9.17) is 4.74 Å². The summed E-state index contributed by atoms with van der Waals surface area (Å²) in [4.78, 5) is 20.5. The maximum Gasteiger partial charge on any atom is 0.256 e. The van der Waals surface area contributed by atoms with Crippen molar-refractivity contribution in [3.8, 4) is 0 Å². The van der Waals surface area contributed by atoms with Crippen LogP contribution in [0.15, 0.2) is 30.9 Å². The third-order valence-electron chi connectivity index (χ3n) is 4.18. The zero-order chi connectivity index (χ0) is 18.0. The Kier molecular flexibility index (Phi) is 5.10. The Morgan fingerprint density at radius 1 is 1.40 bits per heavy atom. The van der Waals surface area contributed by atoms with E-state index in [0.717, 1.165) is 11.8 Å². The largest absolute Gasteiger partial charge is 0.373 e. The molecular weight excluding hydrogens is 325 g/mol. The van der Waals surface area contributed by atoms with Gasteiger partial charge in [-0.15, -0.1) is 0 Å². The van der Waals surface area contributed by atoms with Crippen molar-refractivity contribution >= 4 is 5.91 Å². The van der Waals surface area contributed by atoms with E-state index in [1.807, 2.05) is 32.2 Å². The lowest BCUT2D eigenvalue weighted by Crippen LogP contribution is -2.51. The molecule has 1 aliphatic rings. The van der Waals surface area contributed by atoms with Gasteiger partial charge in [0.2, 0.25) is 0 Å². The fraction of sp³-hybridized carbons (Fsp3) is 0.471. The van der Waals surface area contributed by atoms with Crippen LogP contribution in [0.3, 0.4) is 0 Å². The predicted molar refractivity (Wildman–Crippen MR) is 89.5 cm³/mol. The summed E-state index contributed by atoms with van der Waals surface area (Å²) in [5.41, 5.74) is 1.13. The molecule has 134 valence electrons. The summed E-state index contributed by atoms with van der Waals surface area (Å²) in [7, 11) is 5.75. The van der Waals surface area contributed by atoms with Gasteiger partial charge in [-0.2, -0.15) is 5.10 Å². The second-order valence-electron chi connectivity index (χ2n) is 6.45. The van der Waals surface area contributed by atoms with Crippen molar-refractivity contribution in [1.29, 1.82) is 0 Å². The second-order valence-corrected chi connectivity index (χ2v) is 6.45. The minimum absolute atomic E-state index is 0.196. The number of aryl methyl sites for hydroxylation is 1. The molecule has 1 amide bonds. The molecule has 3 heterocycles. The monoisotopic (exact) mass is 347 g/mol. The Morgan fingerprint density at radius 2 is 2.20 bits per heavy atom. The van der Waals surface area contributed by atoms with Crippen LogP contribution in [0.1, 0.15) is 22.0 Å². The highest BCUT2D eigenvalue weighted by atomic mass is 19.1. The summed E-state index contributed by atoms with van der Waals surface area (Å²) in [6.45, 7) is 1.52. The molecule has 0 aromatic carbocycles. The number of rotatable bonds is 4. The quantitative estimate of drug-likeness (QED) is 0.829. The van der Waals surface area contributed by atoms with Gasteiger partial charge in [0.25, 0.3) is 5.91 Å². The first-order valence-corrected chi connectivity index (χ1v) is 8.12. The third kappa shape index (κ3) is 3.85. The highest BCUT2D eigenvalue weighted by Crippen LogP contribution is 2.31. The number of amides is 1. The molecule has 0 radical (unpaired) electrons. The zero-order valence-electron chi connectivity index (χ0n) is 14.6. The van der Waals surface area contributed by atoms with Crippen molar-refractivity contribution in [3.63, 3.8) is 0 Å². The number of pyridine rings is 1. The standard InChI is InChI=1S/C17H22FN5O2/c1-21(2)11-15-16(13-8-20-22(3)10-13)23(4-5-25-15)17(24)12-6-14(18)9-19-7-12/h6-10,15-16H,4-5,11H2,1-3H3/t15-,16-/m0/s1. The van der Waals surface area contributed by atoms with Gasteiger partial charge in [0.05, 0.1) is 36.7 Å². The molecule has 2 aromatic rings. The van der Waals surface area contributed by atoms with Gasteiger partial charge in [0.1, 0.15) is 5.82 Å². The van der Waals surface area contributed by atoms with Gasteiger partial charge in [-0.05, 0) is 20.2 Å². The van der Waals surface area contributed by atoms with E-state index in [1.54, 1.807) is 15.8 Å². The molecule has 8 heteroatoms. The van der Waals surface area contributed by atoms with Gasteiger partial charge in [-0.25, -0.2) is 4.39 Å². The summed E-state index contributed by atoms with van der Waals surface area (Å²) < 4.78 is 21.1. The maximum atomic E-state index is 13.5. The van der Waals surface area contributed by atoms with Crippen molar-refractivity contribution in [2.75, 3.05) is 33.8 Å². The van der Waals surface area contributed by atoms with Crippen LogP contribution in [-0.2, 0) is 11.8 Å². The smallest absolute Gasteiger partial charge is 0.256 e. The van der Waals surface area contributed by atoms with Crippen molar-refractivity contribution in [3.05, 3.63) is 47.8 Å². The van der Waals surface area contributed by atoms with Crippen LogP contribution in [0.2, 0.25) is 0 Å². The molecule has 7 nitrogen and oxygen atoms in total. The number of likely N-dealkylation sites (N-methyl/N-ethyl adjacent to an activating group) is 1. The zero-order valence-corrected chi connectivity index (χ0v) is 14.6. The number of hydrogen-bond acceptors (Lipinski definition) is 5. The van der Waals surface area contributed by atoms with Crippen molar-refractivity contribution in [2.45, 2.75) is 12.1 Å². The number of ether oxygens (including phenoxy) is 1. The van der Waals surface area contributed by atoms with Gasteiger partial charge in [-0.1, -0.05) is 0 Å². The number of nitrogens with zero attached hydrogens (tertiary/aromatic N) is 5. The highest BCUT2D eigenvalue weighted by Gasteiger charge is 2.37. The van der Waals surface area contributed by atoms with E-state index in [2.05, 4.69) is 10.1 Å². The minimum atomic E-state index is -0.526. The Hall–Kier alpha value is -2.32. The predicted octanol–water partition coefficient (Wildman–Crippen LogP) is 1.10. The van der Waals surface area contributed by atoms with Crippen LogP contribution in [-0.4, -0.2) is 70.4 Å². The third-order valence-corrected chi connectivity index (χ3v) is 4.18. The second kappa shape index (κ2) is 7.28. The average Bonchev–Trinajstić information content (AvgIpc) is 2.99. The van der Waals surface area contributed by atoms with E-state index in [0.29, 0.717) is 19.7 Å². The topological polar surface area (TPSA) is 63.5 Å². The number of carbonyl (C=O) groups excluding carboxylic acids is 1. The lowest BCUT2D eigenvalue weighted by Gasteiger charge is -2.41. The van der Waals surface area contributed by atoms with Crippen molar-refractivity contribution < 1.29 is 13.9 Å². The number of halogens is 1. The summed E-state index contributed by atoms with van der Waals surface area (Å²) in [6.07, 6.45) is 5.91. The molecular formula is C17H22FN5O2. The molecule has 3 rings (SSSR count). The maximum absolute atomic E-state index is 13.5. The van der Waals surface area contributed by atoms with Crippen LogP contribution in [0.4, 0.5) is 4.39 Å². The Labute approximate surface area is 146 Å². The number of morpholine rings is 1. The summed E-state index contributed by atoms with van der Waals surface area (Å²) in [5.74, 6) is -0.783. The number of aromatic nitrogens is 3. The van der Waals surface area contributed by atoms with Crippen LogP contribution in [0, 0.1) is 5.82 Å². The van der Waals surface area contributed by atoms with E-state index in [9.17, 15) is 9.18 Å². The molecule has 2 aromatic heterocycles. The summed E-state index contributed by atoms with van der Waals surface area (Å²) in [6, 6.07) is 0.923. The number of hydrogen-bond donors (Lipinski definition) is 0. The van der Waals surface area contributed by atoms with Crippen molar-refractivity contribution in [1.82, 2.24) is 24.6 Å². The van der Waals surface area contributed by atoms with Gasteiger partial charge in [0.15, 0.2) is 0 Å². The molecule has 1 aliphatic heterocycles. The molecule has 0 aliphatic carbocycles. The number of carbonyl (C=O) groups is 1. The van der Waals surface area contributed by atoms with Crippen LogP contribution in [0.5, 0.6) is 0 Å². The first kappa shape index (κ1) is 17.5. The first-order valence-electron chi connectivity index (χ1n) is 8.12. The lowest BCUT2D eigenvalue weighted by molar-refractivity contribution is -0.0685. The SMILES string of the molecule is CN(C)C[C@@H]1OCCN(C(=O)c2cncc(F)c2)[C@H]1c1cnn(C)c1. The Balaban J connectivity index is 1.95. The van der Waals surface area contributed by atoms with E-state index in [1.165, 1.54) is 12.3 Å². The van der Waals surface area contributed by atoms with Crippen LogP contribution >= 0.6 is 0 Å². The van der Waals surface area contributed by atoms with Gasteiger partial charge >= 0.3 is 0 Å². The molecule has 1 fully saturated rings. The lowest BCUT2D eigenvalue weighted by atomic mass is 9.99.